The van der Waals surface area contributed by atoms with E-state index in [-0.39, 0.29) is 52.9 Å². The maximum Gasteiger partial charge on any atom is 0.265 e. The van der Waals surface area contributed by atoms with Crippen LogP contribution in [0.15, 0.2) is 0 Å². The molecule has 0 aromatic rings. The second-order valence-corrected chi connectivity index (χ2v) is 7.48. The summed E-state index contributed by atoms with van der Waals surface area (Å²) < 4.78 is 52.4. The molecule has 17 heavy (non-hydrogen) atoms. The van der Waals surface area contributed by atoms with Gasteiger partial charge in [0.2, 0.25) is 0 Å². The van der Waals surface area contributed by atoms with E-state index in [1.165, 1.54) is 0 Å². The summed E-state index contributed by atoms with van der Waals surface area (Å²) in [6.45, 7) is 1.19. The summed E-state index contributed by atoms with van der Waals surface area (Å²) in [7, 11) is -0.195. The van der Waals surface area contributed by atoms with Crippen molar-refractivity contribution in [2.24, 2.45) is 11.8 Å². The molecular formula is C8H17NNaO5S2. The molecule has 1 heterocycles. The zero-order valence-corrected chi connectivity index (χ0v) is 14.0. The first kappa shape index (κ1) is 18.0. The first-order valence-electron chi connectivity index (χ1n) is 4.92. The molecule has 1 aliphatic heterocycles. The van der Waals surface area contributed by atoms with Crippen LogP contribution in [-0.4, -0.2) is 94.5 Å². The van der Waals surface area contributed by atoms with Crippen LogP contribution in [0.5, 0.6) is 0 Å². The molecule has 0 aromatic heterocycles. The van der Waals surface area contributed by atoms with Gasteiger partial charge in [-0.1, -0.05) is 11.1 Å². The van der Waals surface area contributed by atoms with Gasteiger partial charge in [-0.05, 0) is 0 Å². The summed E-state index contributed by atoms with van der Waals surface area (Å²) in [5.41, 5.74) is 0. The van der Waals surface area contributed by atoms with E-state index in [1.54, 1.807) is 0 Å². The van der Waals surface area contributed by atoms with Crippen molar-refractivity contribution in [2.45, 2.75) is 0 Å². The van der Waals surface area contributed by atoms with Crippen LogP contribution in [0, 0.1) is 11.8 Å². The Balaban J connectivity index is 0.00000256. The van der Waals surface area contributed by atoms with Crippen molar-refractivity contribution in [3.63, 3.8) is 0 Å². The number of likely N-dealkylation sites (tertiary alicyclic amines) is 1. The van der Waals surface area contributed by atoms with Gasteiger partial charge in [-0.25, -0.2) is 0 Å². The van der Waals surface area contributed by atoms with E-state index < -0.39 is 21.2 Å². The summed E-state index contributed by atoms with van der Waals surface area (Å²) in [6.07, 6.45) is 0. The third-order valence-corrected chi connectivity index (χ3v) is 4.45. The first-order chi connectivity index (χ1) is 7.09. The fourth-order valence-electron chi connectivity index (χ4n) is 2.47. The van der Waals surface area contributed by atoms with Crippen molar-refractivity contribution in [3.8, 4) is 0 Å². The van der Waals surface area contributed by atoms with Crippen molar-refractivity contribution >= 4 is 50.8 Å². The SMILES string of the molecule is C[N+]1(C)CC(CS(=O)[O-])C(CS(=O)(=O)O)C1.[Na]. The molecule has 1 radical (unpaired) electrons. The molecule has 3 atom stereocenters. The zero-order chi connectivity index (χ0) is 12.6. The molecule has 6 nitrogen and oxygen atoms in total. The van der Waals surface area contributed by atoms with Crippen molar-refractivity contribution in [2.75, 3.05) is 38.7 Å². The molecule has 3 unspecified atom stereocenters. The number of hydrogen-bond acceptors (Lipinski definition) is 4. The van der Waals surface area contributed by atoms with Gasteiger partial charge in [0, 0.05) is 47.1 Å². The van der Waals surface area contributed by atoms with E-state index in [2.05, 4.69) is 0 Å². The average Bonchev–Trinajstić information content (AvgIpc) is 2.20. The predicted molar refractivity (Wildman–Crippen MR) is 64.8 cm³/mol. The topological polar surface area (TPSA) is 94.5 Å². The summed E-state index contributed by atoms with van der Waals surface area (Å²) in [4.78, 5) is 0. The third-order valence-electron chi connectivity index (χ3n) is 2.90. The maximum atomic E-state index is 10.8. The Labute approximate surface area is 127 Å². The van der Waals surface area contributed by atoms with Crippen LogP contribution in [0.1, 0.15) is 0 Å². The molecule has 0 amide bonds. The van der Waals surface area contributed by atoms with Crippen molar-refractivity contribution in [3.05, 3.63) is 0 Å². The predicted octanol–water partition coefficient (Wildman–Crippen LogP) is -1.31. The first-order valence-corrected chi connectivity index (χ1v) is 7.77. The molecule has 1 aliphatic rings. The molecule has 0 aliphatic carbocycles. The van der Waals surface area contributed by atoms with Gasteiger partial charge in [-0.2, -0.15) is 8.42 Å². The minimum atomic E-state index is -4.04. The Morgan fingerprint density at radius 1 is 1.35 bits per heavy atom. The molecule has 97 valence electrons. The summed E-state index contributed by atoms with van der Waals surface area (Å²) in [5.74, 6) is -0.878. The van der Waals surface area contributed by atoms with E-state index >= 15 is 0 Å². The second-order valence-electron chi connectivity index (χ2n) is 5.04. The molecule has 0 spiro atoms. The van der Waals surface area contributed by atoms with Crippen molar-refractivity contribution in [1.29, 1.82) is 0 Å². The Morgan fingerprint density at radius 2 is 1.82 bits per heavy atom. The van der Waals surface area contributed by atoms with Crippen LogP contribution in [-0.2, 0) is 21.2 Å². The molecule has 9 heteroatoms. The molecule has 1 saturated heterocycles. The molecular weight excluding hydrogens is 277 g/mol. The minimum absolute atomic E-state index is 0. The average molecular weight is 294 g/mol. The van der Waals surface area contributed by atoms with Crippen LogP contribution < -0.4 is 0 Å². The van der Waals surface area contributed by atoms with Crippen LogP contribution in [0.2, 0.25) is 0 Å². The molecule has 0 aromatic carbocycles. The number of nitrogens with zero attached hydrogens (tertiary/aromatic N) is 1. The maximum absolute atomic E-state index is 10.8. The van der Waals surface area contributed by atoms with Gasteiger partial charge < -0.3 is 9.04 Å². The summed E-state index contributed by atoms with van der Waals surface area (Å²) >= 11 is -2.17. The van der Waals surface area contributed by atoms with Gasteiger partial charge in [-0.15, -0.1) is 0 Å². The van der Waals surface area contributed by atoms with E-state index in [9.17, 15) is 17.2 Å². The fraction of sp³-hybridized carbons (Fsp3) is 1.00. The monoisotopic (exact) mass is 294 g/mol. The van der Waals surface area contributed by atoms with E-state index in [0.717, 1.165) is 0 Å². The summed E-state index contributed by atoms with van der Waals surface area (Å²) in [6, 6.07) is 0. The molecule has 1 N–H and O–H groups in total. The largest absolute Gasteiger partial charge is 0.772 e. The van der Waals surface area contributed by atoms with Gasteiger partial charge in [0.15, 0.2) is 0 Å². The smallest absolute Gasteiger partial charge is 0.265 e. The van der Waals surface area contributed by atoms with E-state index in [4.69, 9.17) is 4.55 Å². The Hall–Kier alpha value is 0.980. The van der Waals surface area contributed by atoms with Crippen LogP contribution in [0.25, 0.3) is 0 Å². The molecule has 0 saturated carbocycles. The Bertz CT molecular complexity index is 383. The van der Waals surface area contributed by atoms with Gasteiger partial charge >= 0.3 is 0 Å². The standard InChI is InChI=1S/C8H17NO5S2.Na/c1-9(2)3-7(5-15(10)11)8(4-9)6-16(12,13)14;/h7-8H,3-6H2,1-2H3,(H-,10,11,12,13,14);. The van der Waals surface area contributed by atoms with Crippen LogP contribution in [0.4, 0.5) is 0 Å². The number of rotatable bonds is 4. The van der Waals surface area contributed by atoms with Crippen molar-refractivity contribution < 1.29 is 26.2 Å². The number of quaternary nitrogens is 1. The van der Waals surface area contributed by atoms with Gasteiger partial charge in [0.25, 0.3) is 10.1 Å². The van der Waals surface area contributed by atoms with Gasteiger partial charge in [0.05, 0.1) is 32.9 Å². The van der Waals surface area contributed by atoms with Crippen LogP contribution in [0.3, 0.4) is 0 Å². The second kappa shape index (κ2) is 6.42. The van der Waals surface area contributed by atoms with Gasteiger partial charge in [-0.3, -0.25) is 8.76 Å². The molecule has 1 fully saturated rings. The van der Waals surface area contributed by atoms with Gasteiger partial charge in [0.1, 0.15) is 0 Å². The summed E-state index contributed by atoms with van der Waals surface area (Å²) in [5, 5.41) is 0. The zero-order valence-electron chi connectivity index (χ0n) is 10.3. The molecule has 1 rings (SSSR count). The minimum Gasteiger partial charge on any atom is -0.772 e. The Kier molecular flexibility index (Phi) is 6.79. The fourth-order valence-corrected chi connectivity index (χ4v) is 4.11. The molecule has 0 bridgehead atoms. The Morgan fingerprint density at radius 3 is 2.24 bits per heavy atom. The van der Waals surface area contributed by atoms with Crippen LogP contribution >= 0.6 is 0 Å². The van der Waals surface area contributed by atoms with E-state index in [1.807, 2.05) is 14.1 Å². The number of hydrogen-bond donors (Lipinski definition) is 1. The third kappa shape index (κ3) is 6.63. The van der Waals surface area contributed by atoms with Crippen molar-refractivity contribution in [1.82, 2.24) is 0 Å². The normalized spacial score (nSPS) is 29.6. The quantitative estimate of drug-likeness (QED) is 0.301. The van der Waals surface area contributed by atoms with E-state index in [0.29, 0.717) is 17.6 Å².